The molecule has 2 amide bonds. The summed E-state index contributed by atoms with van der Waals surface area (Å²) in [6.07, 6.45) is 4.05. The lowest BCUT2D eigenvalue weighted by atomic mass is 10.1. The van der Waals surface area contributed by atoms with Crippen LogP contribution in [-0.2, 0) is 16.1 Å². The standard InChI is InChI=1S/C37H41Cl2N5O6S/c1-24-29(38)9-6-12-33(24)49-17-18-50-37(48)43-15-19-51-34-28(8-5-11-32(34)43)27-21-40-42(23-27)22-26-20-25(13-14-30(26)39)35(45)41-31(36(46)47)10-7-16-44(2,3)4/h5-6,8-9,11-14,20-21,23,31H,7,10,15-19,22H2,1-4H3,(H-,41,45,46,47)/t31-/m0/s1. The summed E-state index contributed by atoms with van der Waals surface area (Å²) in [5, 5.41) is 20.0. The number of carboxylic acids is 1. The molecule has 0 radical (unpaired) electrons. The molecule has 0 saturated heterocycles. The summed E-state index contributed by atoms with van der Waals surface area (Å²) in [7, 11) is 6.06. The second kappa shape index (κ2) is 16.9. The molecule has 0 unspecified atom stereocenters. The number of hydrogen-bond donors (Lipinski definition) is 1. The molecule has 0 spiro atoms. The molecule has 11 nitrogen and oxygen atoms in total. The Bertz CT molecular complexity index is 1900. The number of nitrogens with zero attached hydrogens (tertiary/aromatic N) is 4. The van der Waals surface area contributed by atoms with Crippen LogP contribution in [0.5, 0.6) is 5.75 Å². The first kappa shape index (κ1) is 38.0. The van der Waals surface area contributed by atoms with Gasteiger partial charge in [-0.2, -0.15) is 5.10 Å². The Balaban J connectivity index is 1.23. The van der Waals surface area contributed by atoms with E-state index in [0.717, 1.165) is 33.8 Å². The van der Waals surface area contributed by atoms with E-state index < -0.39 is 24.0 Å². The number of ether oxygens (including phenoxy) is 2. The number of carboxylic acid groups (broad SMARTS) is 1. The van der Waals surface area contributed by atoms with Crippen LogP contribution in [0.15, 0.2) is 71.9 Å². The zero-order valence-corrected chi connectivity index (χ0v) is 31.3. The molecule has 1 N–H and O–H groups in total. The number of carbonyl (C=O) groups is 3. The van der Waals surface area contributed by atoms with Crippen LogP contribution in [0.1, 0.15) is 34.3 Å². The number of benzene rings is 3. The van der Waals surface area contributed by atoms with Crippen molar-refractivity contribution in [1.82, 2.24) is 15.1 Å². The SMILES string of the molecule is Cc1c(Cl)cccc1OCCOC(=O)N1CCSc2c(-c3cnn(Cc4cc(C(=O)N[C@@H](CCC[N+](C)(C)C)C(=O)[O-])ccc4Cl)c3)cccc21. The summed E-state index contributed by atoms with van der Waals surface area (Å²) in [5.41, 5.74) is 4.26. The Labute approximate surface area is 312 Å². The summed E-state index contributed by atoms with van der Waals surface area (Å²) in [5.74, 6) is -0.510. The van der Waals surface area contributed by atoms with Crippen LogP contribution in [0, 0.1) is 6.92 Å². The van der Waals surface area contributed by atoms with Crippen molar-refractivity contribution >= 4 is 58.6 Å². The molecule has 0 bridgehead atoms. The van der Waals surface area contributed by atoms with Gasteiger partial charge in [-0.05, 0) is 61.7 Å². The Morgan fingerprint density at radius 3 is 2.61 bits per heavy atom. The highest BCUT2D eigenvalue weighted by Crippen LogP contribution is 2.42. The van der Waals surface area contributed by atoms with Crippen LogP contribution in [-0.4, -0.2) is 91.5 Å². The van der Waals surface area contributed by atoms with E-state index in [9.17, 15) is 19.5 Å². The maximum absolute atomic E-state index is 13.2. The summed E-state index contributed by atoms with van der Waals surface area (Å²) >= 11 is 14.4. The predicted octanol–water partition coefficient (Wildman–Crippen LogP) is 5.68. The number of rotatable bonds is 14. The molecular formula is C37H41Cl2N5O6S. The molecular weight excluding hydrogens is 713 g/mol. The summed E-state index contributed by atoms with van der Waals surface area (Å²) in [4.78, 5) is 40.6. The average Bonchev–Trinajstić information content (AvgIpc) is 3.55. The van der Waals surface area contributed by atoms with Gasteiger partial charge in [0.05, 0.1) is 58.1 Å². The number of nitrogens with one attached hydrogen (secondary N) is 1. The van der Waals surface area contributed by atoms with E-state index in [1.165, 1.54) is 0 Å². The number of hydrogen-bond acceptors (Lipinski definition) is 8. The molecule has 51 heavy (non-hydrogen) atoms. The molecule has 4 aromatic rings. The number of quaternary nitrogens is 1. The van der Waals surface area contributed by atoms with E-state index in [0.29, 0.717) is 44.6 Å². The topological polar surface area (TPSA) is 126 Å². The molecule has 14 heteroatoms. The van der Waals surface area contributed by atoms with Gasteiger partial charge in [-0.3, -0.25) is 14.4 Å². The Hall–Kier alpha value is -4.23. The lowest BCUT2D eigenvalue weighted by Crippen LogP contribution is -2.48. The first-order chi connectivity index (χ1) is 24.3. The molecule has 0 fully saturated rings. The Morgan fingerprint density at radius 2 is 1.84 bits per heavy atom. The molecule has 3 aromatic carbocycles. The van der Waals surface area contributed by atoms with E-state index in [1.807, 2.05) is 64.6 Å². The highest BCUT2D eigenvalue weighted by molar-refractivity contribution is 7.99. The van der Waals surface area contributed by atoms with Crippen LogP contribution in [0.2, 0.25) is 10.0 Å². The molecule has 2 heterocycles. The van der Waals surface area contributed by atoms with E-state index >= 15 is 0 Å². The van der Waals surface area contributed by atoms with Crippen LogP contribution in [0.3, 0.4) is 0 Å². The zero-order valence-electron chi connectivity index (χ0n) is 29.0. The number of anilines is 1. The number of fused-ring (bicyclic) bond motifs is 1. The second-order valence-electron chi connectivity index (χ2n) is 13.2. The van der Waals surface area contributed by atoms with Crippen LogP contribution in [0.4, 0.5) is 10.5 Å². The van der Waals surface area contributed by atoms with Crippen molar-refractivity contribution in [2.45, 2.75) is 37.2 Å². The maximum Gasteiger partial charge on any atom is 0.414 e. The smallest absolute Gasteiger partial charge is 0.414 e. The molecule has 0 aliphatic carbocycles. The van der Waals surface area contributed by atoms with Gasteiger partial charge in [0.15, 0.2) is 0 Å². The van der Waals surface area contributed by atoms with Gasteiger partial charge in [-0.15, -0.1) is 11.8 Å². The second-order valence-corrected chi connectivity index (χ2v) is 15.1. The average molecular weight is 755 g/mol. The van der Waals surface area contributed by atoms with Crippen LogP contribution >= 0.6 is 35.0 Å². The van der Waals surface area contributed by atoms with E-state index in [2.05, 4.69) is 10.4 Å². The van der Waals surface area contributed by atoms with Crippen molar-refractivity contribution in [3.63, 3.8) is 0 Å². The Morgan fingerprint density at radius 1 is 1.06 bits per heavy atom. The third kappa shape index (κ3) is 9.97. The molecule has 270 valence electrons. The Kier molecular flexibility index (Phi) is 12.6. The normalized spacial score (nSPS) is 13.3. The fraction of sp³-hybridized carbons (Fsp3) is 0.351. The quantitative estimate of drug-likeness (QED) is 0.129. The van der Waals surface area contributed by atoms with Gasteiger partial charge in [-0.1, -0.05) is 41.4 Å². The molecule has 1 aliphatic rings. The first-order valence-electron chi connectivity index (χ1n) is 16.5. The zero-order chi connectivity index (χ0) is 36.7. The fourth-order valence-corrected chi connectivity index (χ4v) is 7.12. The van der Waals surface area contributed by atoms with Crippen LogP contribution < -0.4 is 20.1 Å². The maximum atomic E-state index is 13.2. The number of amides is 2. The molecule has 0 saturated carbocycles. The van der Waals surface area contributed by atoms with Gasteiger partial charge >= 0.3 is 6.09 Å². The van der Waals surface area contributed by atoms with Gasteiger partial charge in [0.25, 0.3) is 5.91 Å². The van der Waals surface area contributed by atoms with Gasteiger partial charge in [0.1, 0.15) is 19.0 Å². The number of carbonyl (C=O) groups excluding carboxylic acids is 3. The molecule has 1 atom stereocenters. The number of thioether (sulfide) groups is 1. The summed E-state index contributed by atoms with van der Waals surface area (Å²) in [6, 6.07) is 14.9. The highest BCUT2D eigenvalue weighted by Gasteiger charge is 2.27. The van der Waals surface area contributed by atoms with Crippen molar-refractivity contribution in [3.8, 4) is 16.9 Å². The fourth-order valence-electron chi connectivity index (χ4n) is 5.63. The monoisotopic (exact) mass is 753 g/mol. The minimum atomic E-state index is -1.32. The van der Waals surface area contributed by atoms with E-state index in [4.69, 9.17) is 32.7 Å². The van der Waals surface area contributed by atoms with Crippen molar-refractivity contribution < 1.29 is 33.4 Å². The van der Waals surface area contributed by atoms with Crippen molar-refractivity contribution in [1.29, 1.82) is 0 Å². The largest absolute Gasteiger partial charge is 0.548 e. The van der Waals surface area contributed by atoms with E-state index in [-0.39, 0.29) is 31.7 Å². The molecule has 1 aromatic heterocycles. The molecule has 1 aliphatic heterocycles. The number of halogens is 2. The van der Waals surface area contributed by atoms with Crippen molar-refractivity contribution in [3.05, 3.63) is 93.7 Å². The van der Waals surface area contributed by atoms with E-state index in [1.54, 1.807) is 51.8 Å². The van der Waals surface area contributed by atoms with Gasteiger partial charge in [0.2, 0.25) is 0 Å². The van der Waals surface area contributed by atoms with Crippen molar-refractivity contribution in [2.24, 2.45) is 0 Å². The lowest BCUT2D eigenvalue weighted by molar-refractivity contribution is -0.870. The van der Waals surface area contributed by atoms with Gasteiger partial charge in [0, 0.05) is 55.7 Å². The first-order valence-corrected chi connectivity index (χ1v) is 18.3. The number of aromatic nitrogens is 2. The van der Waals surface area contributed by atoms with Gasteiger partial charge < -0.3 is 29.2 Å². The summed E-state index contributed by atoms with van der Waals surface area (Å²) < 4.78 is 13.7. The third-order valence-electron chi connectivity index (χ3n) is 8.35. The minimum absolute atomic E-state index is 0.0792. The number of aliphatic carboxylic acids is 1. The molecule has 5 rings (SSSR count). The summed E-state index contributed by atoms with van der Waals surface area (Å²) in [6.45, 7) is 3.66. The minimum Gasteiger partial charge on any atom is -0.548 e. The van der Waals surface area contributed by atoms with Crippen LogP contribution in [0.25, 0.3) is 11.1 Å². The van der Waals surface area contributed by atoms with Gasteiger partial charge in [-0.25, -0.2) is 4.79 Å². The lowest BCUT2D eigenvalue weighted by Gasteiger charge is -2.29. The predicted molar refractivity (Wildman–Crippen MR) is 198 cm³/mol. The third-order valence-corrected chi connectivity index (χ3v) is 10.2. The highest BCUT2D eigenvalue weighted by atomic mass is 35.5. The van der Waals surface area contributed by atoms with Crippen molar-refractivity contribution in [2.75, 3.05) is 58.1 Å².